The molecule has 1 fully saturated rings. The van der Waals surface area contributed by atoms with E-state index >= 15 is 0 Å². The Morgan fingerprint density at radius 1 is 1.05 bits per heavy atom. The molecule has 13 heteroatoms. The second kappa shape index (κ2) is 12.4. The first-order chi connectivity index (χ1) is 19.6. The number of hydrogen-bond acceptors (Lipinski definition) is 7. The highest BCUT2D eigenvalue weighted by Gasteiger charge is 2.33. The summed E-state index contributed by atoms with van der Waals surface area (Å²) >= 11 is 18.6. The molecule has 0 aliphatic carbocycles. The highest BCUT2D eigenvalue weighted by Crippen LogP contribution is 2.35. The number of ether oxygens (including phenoxy) is 1. The van der Waals surface area contributed by atoms with E-state index in [1.54, 1.807) is 22.9 Å². The molecule has 1 aromatic heterocycles. The van der Waals surface area contributed by atoms with Crippen LogP contribution in [0.2, 0.25) is 10.0 Å². The molecule has 1 N–H and O–H groups in total. The van der Waals surface area contributed by atoms with Gasteiger partial charge in [-0.25, -0.2) is 4.68 Å². The van der Waals surface area contributed by atoms with E-state index in [4.69, 9.17) is 49.8 Å². The van der Waals surface area contributed by atoms with Gasteiger partial charge >= 0.3 is 0 Å². The number of thioether (sulfide) groups is 1. The Morgan fingerprint density at radius 3 is 2.46 bits per heavy atom. The Morgan fingerprint density at radius 2 is 1.78 bits per heavy atom. The van der Waals surface area contributed by atoms with E-state index in [0.29, 0.717) is 32.0 Å². The maximum Gasteiger partial charge on any atom is 0.266 e. The van der Waals surface area contributed by atoms with Crippen LogP contribution in [0.15, 0.2) is 83.9 Å². The predicted octanol–water partition coefficient (Wildman–Crippen LogP) is 6.51. The lowest BCUT2D eigenvalue weighted by molar-refractivity contribution is -0.121. The van der Waals surface area contributed by atoms with Gasteiger partial charge in [0.25, 0.3) is 16.0 Å². The minimum absolute atomic E-state index is 0.212. The highest BCUT2D eigenvalue weighted by atomic mass is 35.5. The molecule has 1 aliphatic rings. The molecule has 1 saturated heterocycles. The minimum Gasteiger partial charge on any atom is -0.489 e. The SMILES string of the molecule is O=C1C(=Cc2cn(-c3ccccc3)nc2-c2ccc(OCc3ccc(Cl)cc3Cl)cc2)SC(=S)N1CCS(=O)(=O)O. The zero-order valence-electron chi connectivity index (χ0n) is 21.1. The second-order valence-electron chi connectivity index (χ2n) is 8.88. The lowest BCUT2D eigenvalue weighted by Gasteiger charge is -2.12. The van der Waals surface area contributed by atoms with E-state index < -0.39 is 21.8 Å². The molecule has 3 aromatic carbocycles. The van der Waals surface area contributed by atoms with Crippen molar-refractivity contribution in [3.8, 4) is 22.7 Å². The standard InChI is InChI=1S/C28H21Cl2N3O5S3/c29-21-9-6-19(24(30)15-21)17-38-23-10-7-18(8-11-23)26-20(16-33(31-26)22-4-2-1-3-5-22)14-25-27(34)32(28(39)40-25)12-13-41(35,36)37/h1-11,14-16H,12-13,17H2,(H,35,36,37). The monoisotopic (exact) mass is 645 g/mol. The summed E-state index contributed by atoms with van der Waals surface area (Å²) in [5, 5.41) is 5.86. The fourth-order valence-electron chi connectivity index (χ4n) is 3.98. The van der Waals surface area contributed by atoms with Gasteiger partial charge in [-0.05, 0) is 54.6 Å². The molecule has 0 unspecified atom stereocenters. The summed E-state index contributed by atoms with van der Waals surface area (Å²) in [6.07, 6.45) is 3.49. The van der Waals surface area contributed by atoms with Gasteiger partial charge in [0.2, 0.25) is 0 Å². The van der Waals surface area contributed by atoms with Crippen molar-refractivity contribution in [3.63, 3.8) is 0 Å². The zero-order chi connectivity index (χ0) is 29.1. The van der Waals surface area contributed by atoms with E-state index in [1.807, 2.05) is 66.9 Å². The van der Waals surface area contributed by atoms with Gasteiger partial charge in [0.15, 0.2) is 0 Å². The van der Waals surface area contributed by atoms with Gasteiger partial charge in [0.05, 0.1) is 22.0 Å². The molecule has 4 aromatic rings. The van der Waals surface area contributed by atoms with Crippen LogP contribution in [0.3, 0.4) is 0 Å². The summed E-state index contributed by atoms with van der Waals surface area (Å²) in [6, 6.07) is 22.1. The molecule has 1 amide bonds. The van der Waals surface area contributed by atoms with Crippen LogP contribution in [0.4, 0.5) is 0 Å². The van der Waals surface area contributed by atoms with Crippen LogP contribution in [0, 0.1) is 0 Å². The Hall–Kier alpha value is -3.19. The Labute approximate surface area is 256 Å². The zero-order valence-corrected chi connectivity index (χ0v) is 25.1. The smallest absolute Gasteiger partial charge is 0.266 e. The van der Waals surface area contributed by atoms with E-state index in [-0.39, 0.29) is 17.5 Å². The number of thiocarbonyl (C=S) groups is 1. The number of amides is 1. The third kappa shape index (κ3) is 7.18. The summed E-state index contributed by atoms with van der Waals surface area (Å²) in [5.74, 6) is -0.419. The van der Waals surface area contributed by atoms with Crippen molar-refractivity contribution in [2.75, 3.05) is 12.3 Å². The molecular formula is C28H21Cl2N3O5S3. The molecule has 210 valence electrons. The molecule has 8 nitrogen and oxygen atoms in total. The molecule has 0 bridgehead atoms. The predicted molar refractivity (Wildman–Crippen MR) is 166 cm³/mol. The Balaban J connectivity index is 1.43. The first-order valence-corrected chi connectivity index (χ1v) is 15.7. The third-order valence-electron chi connectivity index (χ3n) is 6.03. The van der Waals surface area contributed by atoms with Crippen molar-refractivity contribution >= 4 is 73.6 Å². The van der Waals surface area contributed by atoms with Crippen LogP contribution >= 0.6 is 47.2 Å². The van der Waals surface area contributed by atoms with Crippen LogP contribution < -0.4 is 4.74 Å². The van der Waals surface area contributed by atoms with Gasteiger partial charge in [-0.15, -0.1) is 0 Å². The summed E-state index contributed by atoms with van der Waals surface area (Å²) < 4.78 is 39.3. The van der Waals surface area contributed by atoms with Crippen LogP contribution in [-0.2, 0) is 21.5 Å². The molecule has 41 heavy (non-hydrogen) atoms. The lowest BCUT2D eigenvalue weighted by Crippen LogP contribution is -2.32. The summed E-state index contributed by atoms with van der Waals surface area (Å²) in [7, 11) is -4.25. The number of nitrogens with zero attached hydrogens (tertiary/aromatic N) is 3. The average molecular weight is 647 g/mol. The number of carbonyl (C=O) groups excluding carboxylic acids is 1. The van der Waals surface area contributed by atoms with Gasteiger partial charge in [-0.2, -0.15) is 13.5 Å². The quantitative estimate of drug-likeness (QED) is 0.125. The first kappa shape index (κ1) is 29.3. The molecule has 0 spiro atoms. The van der Waals surface area contributed by atoms with Crippen LogP contribution in [0.1, 0.15) is 11.1 Å². The molecule has 2 heterocycles. The molecular weight excluding hydrogens is 625 g/mol. The van der Waals surface area contributed by atoms with E-state index in [9.17, 15) is 13.2 Å². The number of aromatic nitrogens is 2. The molecule has 1 aliphatic heterocycles. The molecule has 0 saturated carbocycles. The molecule has 5 rings (SSSR count). The largest absolute Gasteiger partial charge is 0.489 e. The summed E-state index contributed by atoms with van der Waals surface area (Å²) in [4.78, 5) is 14.5. The topological polar surface area (TPSA) is 102 Å². The third-order valence-corrected chi connectivity index (χ3v) is 8.70. The number of carbonyl (C=O) groups is 1. The van der Waals surface area contributed by atoms with Crippen molar-refractivity contribution in [1.29, 1.82) is 0 Å². The second-order valence-corrected chi connectivity index (χ2v) is 13.0. The fourth-order valence-corrected chi connectivity index (χ4v) is 6.16. The fraction of sp³-hybridized carbons (Fsp3) is 0.107. The highest BCUT2D eigenvalue weighted by molar-refractivity contribution is 8.26. The van der Waals surface area contributed by atoms with E-state index in [1.165, 1.54) is 4.90 Å². The van der Waals surface area contributed by atoms with Gasteiger partial charge < -0.3 is 4.74 Å². The normalized spacial score (nSPS) is 14.7. The van der Waals surface area contributed by atoms with Gasteiger partial charge in [0.1, 0.15) is 16.7 Å². The minimum atomic E-state index is -4.25. The van der Waals surface area contributed by atoms with Gasteiger partial charge in [-0.1, -0.05) is 71.4 Å². The van der Waals surface area contributed by atoms with Crippen molar-refractivity contribution in [3.05, 3.63) is 105 Å². The van der Waals surface area contributed by atoms with Crippen molar-refractivity contribution in [1.82, 2.24) is 14.7 Å². The Bertz CT molecular complexity index is 1760. The van der Waals surface area contributed by atoms with Gasteiger partial charge in [0, 0.05) is 39.5 Å². The lowest BCUT2D eigenvalue weighted by atomic mass is 10.1. The maximum atomic E-state index is 13.1. The van der Waals surface area contributed by atoms with Crippen molar-refractivity contribution in [2.45, 2.75) is 6.61 Å². The average Bonchev–Trinajstić information content (AvgIpc) is 3.47. The molecule has 0 atom stereocenters. The van der Waals surface area contributed by atoms with Crippen LogP contribution in [-0.4, -0.2) is 50.2 Å². The van der Waals surface area contributed by atoms with Crippen molar-refractivity contribution < 1.29 is 22.5 Å². The van der Waals surface area contributed by atoms with Crippen LogP contribution in [0.25, 0.3) is 23.0 Å². The number of halogens is 2. The molecule has 0 radical (unpaired) electrons. The number of hydrogen-bond donors (Lipinski definition) is 1. The van der Waals surface area contributed by atoms with Gasteiger partial charge in [-0.3, -0.25) is 14.2 Å². The van der Waals surface area contributed by atoms with E-state index in [0.717, 1.165) is 28.6 Å². The number of para-hydroxylation sites is 1. The van der Waals surface area contributed by atoms with E-state index in [2.05, 4.69) is 0 Å². The maximum absolute atomic E-state index is 13.1. The summed E-state index contributed by atoms with van der Waals surface area (Å²) in [6.45, 7) is 0.0301. The van der Waals surface area contributed by atoms with Crippen LogP contribution in [0.5, 0.6) is 5.75 Å². The Kier molecular flexibility index (Phi) is 8.83. The van der Waals surface area contributed by atoms with Crippen molar-refractivity contribution in [2.24, 2.45) is 0 Å². The number of rotatable bonds is 9. The number of benzene rings is 3. The first-order valence-electron chi connectivity index (χ1n) is 12.1. The summed E-state index contributed by atoms with van der Waals surface area (Å²) in [5.41, 5.74) is 3.69.